The molecule has 2 aliphatic rings. The molecule has 1 amide bonds. The van der Waals surface area contributed by atoms with Gasteiger partial charge in [-0.05, 0) is 49.8 Å². The van der Waals surface area contributed by atoms with E-state index in [1.807, 2.05) is 27.7 Å². The molecule has 4 rings (SSSR count). The van der Waals surface area contributed by atoms with Gasteiger partial charge in [0.25, 0.3) is 11.5 Å². The summed E-state index contributed by atoms with van der Waals surface area (Å²) in [5, 5.41) is 6.13. The third-order valence-electron chi connectivity index (χ3n) is 5.31. The molecule has 2 aromatic heterocycles. The van der Waals surface area contributed by atoms with E-state index in [1.165, 1.54) is 6.33 Å². The second-order valence-electron chi connectivity index (χ2n) is 6.97. The van der Waals surface area contributed by atoms with Gasteiger partial charge in [-0.3, -0.25) is 14.2 Å². The van der Waals surface area contributed by atoms with E-state index >= 15 is 0 Å². The molecule has 0 saturated heterocycles. The van der Waals surface area contributed by atoms with E-state index in [4.69, 9.17) is 5.73 Å². The number of pyridine rings is 1. The van der Waals surface area contributed by atoms with Crippen LogP contribution in [0.5, 0.6) is 0 Å². The van der Waals surface area contributed by atoms with Gasteiger partial charge in [-0.2, -0.15) is 0 Å². The predicted octanol–water partition coefficient (Wildman–Crippen LogP) is 3.22. The van der Waals surface area contributed by atoms with Crippen LogP contribution in [0.4, 0.5) is 17.3 Å². The van der Waals surface area contributed by atoms with Crippen LogP contribution in [0.25, 0.3) is 0 Å². The number of hydrogen-bond donors (Lipinski definition) is 3. The van der Waals surface area contributed by atoms with Crippen LogP contribution in [-0.2, 0) is 5.66 Å². The van der Waals surface area contributed by atoms with Crippen molar-refractivity contribution < 1.29 is 4.79 Å². The highest BCUT2D eigenvalue weighted by Gasteiger charge is 2.47. The Balaban J connectivity index is 0.00000117. The van der Waals surface area contributed by atoms with Gasteiger partial charge in [0.2, 0.25) is 0 Å². The Morgan fingerprint density at radius 1 is 1.28 bits per heavy atom. The molecule has 1 spiro atoms. The summed E-state index contributed by atoms with van der Waals surface area (Å²) < 4.78 is 1.63. The minimum Gasteiger partial charge on any atom is -0.384 e. The zero-order valence-corrected chi connectivity index (χ0v) is 17.4. The zero-order chi connectivity index (χ0) is 21.2. The first kappa shape index (κ1) is 20.6. The second-order valence-corrected chi connectivity index (χ2v) is 6.97. The van der Waals surface area contributed by atoms with Gasteiger partial charge in [0.1, 0.15) is 35.0 Å². The number of nitrogens with two attached hydrogens (primary N) is 1. The van der Waals surface area contributed by atoms with Gasteiger partial charge in [-0.1, -0.05) is 26.8 Å². The Kier molecular flexibility index (Phi) is 5.72. The fraction of sp³-hybridized carbons (Fsp3) is 0.429. The number of rotatable bonds is 3. The van der Waals surface area contributed by atoms with Crippen molar-refractivity contribution in [2.24, 2.45) is 0 Å². The molecule has 3 heterocycles. The van der Waals surface area contributed by atoms with Crippen LogP contribution in [0.2, 0.25) is 0 Å². The molecule has 0 fully saturated rings. The molecule has 0 bridgehead atoms. The van der Waals surface area contributed by atoms with Crippen molar-refractivity contribution in [3.05, 3.63) is 51.7 Å². The number of nitrogens with zero attached hydrogens (tertiary/aromatic N) is 3. The summed E-state index contributed by atoms with van der Waals surface area (Å²) in [6.07, 6.45) is 6.82. The van der Waals surface area contributed by atoms with Crippen LogP contribution in [-0.4, -0.2) is 20.4 Å². The number of amides is 1. The van der Waals surface area contributed by atoms with Crippen LogP contribution in [0, 0.1) is 6.92 Å². The minimum absolute atomic E-state index is 0.205. The number of allylic oxidation sites excluding steroid dienone is 1. The van der Waals surface area contributed by atoms with Crippen molar-refractivity contribution in [2.45, 2.75) is 59.0 Å². The largest absolute Gasteiger partial charge is 0.384 e. The monoisotopic (exact) mass is 396 g/mol. The zero-order valence-electron chi connectivity index (χ0n) is 17.4. The van der Waals surface area contributed by atoms with Crippen molar-refractivity contribution in [1.82, 2.24) is 19.9 Å². The Morgan fingerprint density at radius 3 is 2.72 bits per heavy atom. The third kappa shape index (κ3) is 3.39. The second kappa shape index (κ2) is 8.06. The lowest BCUT2D eigenvalue weighted by atomic mass is 9.86. The molecule has 29 heavy (non-hydrogen) atoms. The summed E-state index contributed by atoms with van der Waals surface area (Å²) >= 11 is 0. The lowest BCUT2D eigenvalue weighted by Gasteiger charge is -2.37. The maximum absolute atomic E-state index is 13.4. The van der Waals surface area contributed by atoms with E-state index in [0.717, 1.165) is 30.4 Å². The van der Waals surface area contributed by atoms with Gasteiger partial charge in [-0.15, -0.1) is 0 Å². The summed E-state index contributed by atoms with van der Waals surface area (Å²) in [7, 11) is 0. The van der Waals surface area contributed by atoms with Crippen LogP contribution >= 0.6 is 0 Å². The maximum Gasteiger partial charge on any atom is 0.277 e. The van der Waals surface area contributed by atoms with Gasteiger partial charge in [-0.25, -0.2) is 9.97 Å². The first-order valence-electron chi connectivity index (χ1n) is 10.1. The highest BCUT2D eigenvalue weighted by Crippen LogP contribution is 2.40. The van der Waals surface area contributed by atoms with E-state index in [-0.39, 0.29) is 11.5 Å². The van der Waals surface area contributed by atoms with Crippen molar-refractivity contribution >= 4 is 23.2 Å². The lowest BCUT2D eigenvalue weighted by Crippen LogP contribution is -2.50. The molecule has 2 aromatic rings. The first-order chi connectivity index (χ1) is 14.0. The summed E-state index contributed by atoms with van der Waals surface area (Å²) in [4.78, 5) is 34.1. The van der Waals surface area contributed by atoms with Gasteiger partial charge in [0.05, 0.1) is 0 Å². The van der Waals surface area contributed by atoms with Crippen molar-refractivity contribution in [2.75, 3.05) is 11.1 Å². The van der Waals surface area contributed by atoms with Crippen LogP contribution < -0.4 is 21.9 Å². The molecule has 0 saturated carbocycles. The van der Waals surface area contributed by atoms with Crippen molar-refractivity contribution in [3.63, 3.8) is 0 Å². The Bertz CT molecular complexity index is 1030. The normalized spacial score (nSPS) is 19.7. The number of aromatic nitrogens is 3. The molecule has 0 aromatic carbocycles. The quantitative estimate of drug-likeness (QED) is 0.686. The Morgan fingerprint density at radius 2 is 2.03 bits per heavy atom. The number of aryl methyl sites for hydroxylation is 1. The molecule has 1 unspecified atom stereocenters. The molecular weight excluding hydrogens is 368 g/mol. The first-order valence-corrected chi connectivity index (χ1v) is 10.1. The van der Waals surface area contributed by atoms with E-state index < -0.39 is 5.66 Å². The summed E-state index contributed by atoms with van der Waals surface area (Å²) in [6.45, 7) is 7.88. The molecule has 154 valence electrons. The number of nitrogen functional groups attached to an aromatic ring is 1. The van der Waals surface area contributed by atoms with Crippen LogP contribution in [0.15, 0.2) is 34.9 Å². The molecule has 4 N–H and O–H groups in total. The van der Waals surface area contributed by atoms with Crippen molar-refractivity contribution in [3.8, 4) is 0 Å². The maximum atomic E-state index is 13.4. The number of fused-ring (bicyclic) bond motifs is 2. The van der Waals surface area contributed by atoms with Crippen LogP contribution in [0.3, 0.4) is 0 Å². The number of carbonyl (C=O) groups is 1. The number of anilines is 3. The van der Waals surface area contributed by atoms with Gasteiger partial charge in [0, 0.05) is 6.07 Å². The third-order valence-corrected chi connectivity index (χ3v) is 5.31. The highest BCUT2D eigenvalue weighted by molar-refractivity contribution is 5.97. The highest BCUT2D eigenvalue weighted by atomic mass is 16.2. The minimum atomic E-state index is -0.774. The summed E-state index contributed by atoms with van der Waals surface area (Å²) in [5.74, 6) is 0.534. The fourth-order valence-corrected chi connectivity index (χ4v) is 4.16. The number of nitrogens with one attached hydrogen (secondary N) is 2. The van der Waals surface area contributed by atoms with E-state index in [2.05, 4.69) is 26.7 Å². The molecule has 1 atom stereocenters. The summed E-state index contributed by atoms with van der Waals surface area (Å²) in [6, 6.07) is 3.24. The average molecular weight is 396 g/mol. The van der Waals surface area contributed by atoms with Crippen LogP contribution in [0.1, 0.15) is 62.5 Å². The number of hydrogen-bond acceptors (Lipinski definition) is 6. The Hall–Kier alpha value is -3.16. The molecule has 1 aliphatic heterocycles. The topological polar surface area (TPSA) is 115 Å². The van der Waals surface area contributed by atoms with E-state index in [9.17, 15) is 9.59 Å². The molecule has 8 heteroatoms. The fourth-order valence-electron chi connectivity index (χ4n) is 4.16. The molecule has 1 aliphatic carbocycles. The van der Waals surface area contributed by atoms with E-state index in [1.54, 1.807) is 16.7 Å². The van der Waals surface area contributed by atoms with E-state index in [0.29, 0.717) is 29.4 Å². The molecular formula is C21H28N6O2. The van der Waals surface area contributed by atoms with Gasteiger partial charge >= 0.3 is 0 Å². The summed E-state index contributed by atoms with van der Waals surface area (Å²) in [5.41, 5.74) is 7.25. The Labute approximate surface area is 170 Å². The SMILES string of the molecule is CC.CCC1=CCCCC12NC(=O)c1c(C)cc(Nc3cc(N)ncn3)c(=O)n12. The lowest BCUT2D eigenvalue weighted by molar-refractivity contribution is 0.0924. The predicted molar refractivity (Wildman–Crippen MR) is 114 cm³/mol. The standard InChI is InChI=1S/C19H22N6O2.C2H6/c1-3-12-6-4-5-7-19(12)24-17(26)16-11(2)8-13(18(27)25(16)19)23-15-9-14(20)21-10-22-15;1-2/h6,8-10H,3-5,7H2,1-2H3,(H,24,26)(H3,20,21,22,23);1-2H3. The van der Waals surface area contributed by atoms with Crippen molar-refractivity contribution in [1.29, 1.82) is 0 Å². The smallest absolute Gasteiger partial charge is 0.277 e. The van der Waals surface area contributed by atoms with Gasteiger partial charge in [0.15, 0.2) is 0 Å². The molecule has 0 radical (unpaired) electrons. The van der Waals surface area contributed by atoms with Gasteiger partial charge < -0.3 is 16.4 Å². The average Bonchev–Trinajstić information content (AvgIpc) is 3.01. The number of carbonyl (C=O) groups excluding carboxylic acids is 1. The molecule has 8 nitrogen and oxygen atoms in total.